The number of sulfonamides is 1. The van der Waals surface area contributed by atoms with Gasteiger partial charge >= 0.3 is 0 Å². The Labute approximate surface area is 133 Å². The summed E-state index contributed by atoms with van der Waals surface area (Å²) in [6.07, 6.45) is 0. The highest BCUT2D eigenvalue weighted by Gasteiger charge is 2.20. The molecule has 1 aromatic carbocycles. The number of anilines is 1. The van der Waals surface area contributed by atoms with Crippen LogP contribution in [0, 0.1) is 16.3 Å². The first-order chi connectivity index (χ1) is 9.33. The second-order valence-electron chi connectivity index (χ2n) is 4.06. The van der Waals surface area contributed by atoms with Gasteiger partial charge in [-0.05, 0) is 59.3 Å². The summed E-state index contributed by atoms with van der Waals surface area (Å²) >= 11 is 2.88. The van der Waals surface area contributed by atoms with E-state index in [1.807, 2.05) is 22.6 Å². The number of aliphatic hydroxyl groups is 1. The molecule has 0 radical (unpaired) electrons. The molecule has 0 atom stereocenters. The summed E-state index contributed by atoms with van der Waals surface area (Å²) in [6, 6.07) is 5.33. The Morgan fingerprint density at radius 3 is 2.65 bits per heavy atom. The zero-order valence-corrected chi connectivity index (χ0v) is 14.1. The van der Waals surface area contributed by atoms with Gasteiger partial charge in [0.15, 0.2) is 0 Å². The second-order valence-corrected chi connectivity index (χ2v) is 8.27. The Kier molecular flexibility index (Phi) is 4.67. The number of aryl methyl sites for hydroxylation is 1. The van der Waals surface area contributed by atoms with Gasteiger partial charge in [0.05, 0.1) is 12.3 Å². The van der Waals surface area contributed by atoms with Crippen LogP contribution in [0.1, 0.15) is 10.4 Å². The molecule has 0 fully saturated rings. The second kappa shape index (κ2) is 5.96. The molecule has 8 heteroatoms. The molecule has 0 spiro atoms. The summed E-state index contributed by atoms with van der Waals surface area (Å²) in [4.78, 5) is 0.610. The Hall–Kier alpha value is -0.710. The third-order valence-electron chi connectivity index (χ3n) is 2.58. The SMILES string of the molecule is Cc1cc(S(=O)(=O)Nc2ccc(F)cc2I)sc1CO. The van der Waals surface area contributed by atoms with E-state index in [0.717, 1.165) is 16.9 Å². The first-order valence-electron chi connectivity index (χ1n) is 5.51. The van der Waals surface area contributed by atoms with Gasteiger partial charge in [-0.25, -0.2) is 12.8 Å². The van der Waals surface area contributed by atoms with Crippen molar-refractivity contribution in [1.29, 1.82) is 0 Å². The van der Waals surface area contributed by atoms with Crippen LogP contribution in [0.15, 0.2) is 28.5 Å². The lowest BCUT2D eigenvalue weighted by Crippen LogP contribution is -2.12. The average Bonchev–Trinajstić information content (AvgIpc) is 2.75. The number of aliphatic hydroxyl groups excluding tert-OH is 1. The van der Waals surface area contributed by atoms with E-state index in [1.165, 1.54) is 24.3 Å². The molecule has 20 heavy (non-hydrogen) atoms. The lowest BCUT2D eigenvalue weighted by Gasteiger charge is -2.08. The third kappa shape index (κ3) is 3.30. The number of rotatable bonds is 4. The van der Waals surface area contributed by atoms with Crippen LogP contribution in [0.5, 0.6) is 0 Å². The Morgan fingerprint density at radius 1 is 1.40 bits per heavy atom. The molecule has 2 rings (SSSR count). The topological polar surface area (TPSA) is 66.4 Å². The molecule has 0 saturated carbocycles. The van der Waals surface area contributed by atoms with Crippen LogP contribution in [-0.4, -0.2) is 13.5 Å². The molecule has 108 valence electrons. The summed E-state index contributed by atoms with van der Waals surface area (Å²) in [7, 11) is -3.73. The largest absolute Gasteiger partial charge is 0.391 e. The van der Waals surface area contributed by atoms with Gasteiger partial charge in [-0.15, -0.1) is 11.3 Å². The number of thiophene rings is 1. The molecule has 0 unspecified atom stereocenters. The number of nitrogens with one attached hydrogen (secondary N) is 1. The fourth-order valence-corrected chi connectivity index (χ4v) is 4.87. The maximum Gasteiger partial charge on any atom is 0.271 e. The van der Waals surface area contributed by atoms with Gasteiger partial charge in [-0.1, -0.05) is 0 Å². The van der Waals surface area contributed by atoms with Crippen LogP contribution >= 0.6 is 33.9 Å². The molecule has 4 nitrogen and oxygen atoms in total. The van der Waals surface area contributed by atoms with Crippen molar-refractivity contribution < 1.29 is 17.9 Å². The van der Waals surface area contributed by atoms with Crippen molar-refractivity contribution in [3.8, 4) is 0 Å². The van der Waals surface area contributed by atoms with Crippen molar-refractivity contribution in [2.45, 2.75) is 17.7 Å². The summed E-state index contributed by atoms with van der Waals surface area (Å²) in [5, 5.41) is 9.11. The number of halogens is 2. The fourth-order valence-electron chi connectivity index (χ4n) is 1.55. The first-order valence-corrected chi connectivity index (χ1v) is 8.89. The highest BCUT2D eigenvalue weighted by atomic mass is 127. The molecule has 1 aromatic heterocycles. The summed E-state index contributed by atoms with van der Waals surface area (Å²) < 4.78 is 40.5. The lowest BCUT2D eigenvalue weighted by atomic mass is 10.3. The minimum atomic E-state index is -3.73. The third-order valence-corrected chi connectivity index (χ3v) is 6.54. The molecular weight excluding hydrogens is 416 g/mol. The Balaban J connectivity index is 2.35. The van der Waals surface area contributed by atoms with E-state index in [0.29, 0.717) is 14.1 Å². The van der Waals surface area contributed by atoms with Gasteiger partial charge in [0.1, 0.15) is 10.0 Å². The number of hydrogen-bond donors (Lipinski definition) is 2. The van der Waals surface area contributed by atoms with Crippen molar-refractivity contribution in [1.82, 2.24) is 0 Å². The molecule has 0 aliphatic rings. The molecule has 2 aromatic rings. The predicted octanol–water partition coefficient (Wildman–Crippen LogP) is 3.09. The zero-order valence-electron chi connectivity index (χ0n) is 10.4. The Bertz CT molecular complexity index is 743. The molecule has 0 saturated heterocycles. The molecule has 0 aliphatic carbocycles. The summed E-state index contributed by atoms with van der Waals surface area (Å²) in [5.74, 6) is -0.424. The van der Waals surface area contributed by atoms with E-state index in [9.17, 15) is 12.8 Å². The summed E-state index contributed by atoms with van der Waals surface area (Å²) in [6.45, 7) is 1.54. The standard InChI is InChI=1S/C12H11FINO3S2/c1-7-4-12(19-11(7)6-16)20(17,18)15-10-3-2-8(13)5-9(10)14/h2-5,15-16H,6H2,1H3. The van der Waals surface area contributed by atoms with Gasteiger partial charge in [-0.3, -0.25) is 4.72 Å². The monoisotopic (exact) mass is 427 g/mol. The van der Waals surface area contributed by atoms with Crippen molar-refractivity contribution >= 4 is 49.6 Å². The molecule has 1 heterocycles. The smallest absolute Gasteiger partial charge is 0.271 e. The van der Waals surface area contributed by atoms with E-state index < -0.39 is 15.8 Å². The molecule has 2 N–H and O–H groups in total. The van der Waals surface area contributed by atoms with Gasteiger partial charge in [0, 0.05) is 8.45 Å². The molecule has 0 bridgehead atoms. The highest BCUT2D eigenvalue weighted by Crippen LogP contribution is 2.29. The van der Waals surface area contributed by atoms with E-state index in [1.54, 1.807) is 6.92 Å². The number of benzene rings is 1. The van der Waals surface area contributed by atoms with Gasteiger partial charge in [-0.2, -0.15) is 0 Å². The van der Waals surface area contributed by atoms with Crippen LogP contribution in [0.2, 0.25) is 0 Å². The van der Waals surface area contributed by atoms with Crippen LogP contribution < -0.4 is 4.72 Å². The molecule has 0 aliphatic heterocycles. The maximum absolute atomic E-state index is 13.0. The molecule has 0 amide bonds. The average molecular weight is 427 g/mol. The predicted molar refractivity (Wildman–Crippen MR) is 84.9 cm³/mol. The highest BCUT2D eigenvalue weighted by molar-refractivity contribution is 14.1. The van der Waals surface area contributed by atoms with Crippen molar-refractivity contribution in [3.05, 3.63) is 44.1 Å². The van der Waals surface area contributed by atoms with Crippen molar-refractivity contribution in [2.24, 2.45) is 0 Å². The van der Waals surface area contributed by atoms with Crippen LogP contribution in [0.3, 0.4) is 0 Å². The van der Waals surface area contributed by atoms with Crippen LogP contribution in [-0.2, 0) is 16.6 Å². The van der Waals surface area contributed by atoms with E-state index in [2.05, 4.69) is 4.72 Å². The van der Waals surface area contributed by atoms with E-state index in [4.69, 9.17) is 5.11 Å². The van der Waals surface area contributed by atoms with E-state index in [-0.39, 0.29) is 10.8 Å². The zero-order chi connectivity index (χ0) is 14.9. The Morgan fingerprint density at radius 2 is 2.10 bits per heavy atom. The molecular formula is C12H11FINO3S2. The first kappa shape index (κ1) is 15.7. The normalized spacial score (nSPS) is 11.6. The van der Waals surface area contributed by atoms with E-state index >= 15 is 0 Å². The van der Waals surface area contributed by atoms with Gasteiger partial charge in [0.25, 0.3) is 10.0 Å². The van der Waals surface area contributed by atoms with Crippen molar-refractivity contribution in [3.63, 3.8) is 0 Å². The quantitative estimate of drug-likeness (QED) is 0.738. The number of hydrogen-bond acceptors (Lipinski definition) is 4. The lowest BCUT2D eigenvalue weighted by molar-refractivity contribution is 0.285. The minimum absolute atomic E-state index is 0.124. The minimum Gasteiger partial charge on any atom is -0.391 e. The summed E-state index contributed by atoms with van der Waals surface area (Å²) in [5.41, 5.74) is 1.05. The fraction of sp³-hybridized carbons (Fsp3) is 0.167. The van der Waals surface area contributed by atoms with Crippen LogP contribution in [0.4, 0.5) is 10.1 Å². The van der Waals surface area contributed by atoms with Gasteiger partial charge in [0.2, 0.25) is 0 Å². The van der Waals surface area contributed by atoms with Crippen LogP contribution in [0.25, 0.3) is 0 Å². The van der Waals surface area contributed by atoms with Crippen molar-refractivity contribution in [2.75, 3.05) is 4.72 Å². The maximum atomic E-state index is 13.0. The van der Waals surface area contributed by atoms with Gasteiger partial charge < -0.3 is 5.11 Å².